The smallest absolute Gasteiger partial charge is 0.0688 e. The van der Waals surface area contributed by atoms with E-state index in [1.807, 2.05) is 6.07 Å². The van der Waals surface area contributed by atoms with Crippen molar-refractivity contribution in [3.8, 4) is 11.1 Å². The first-order valence-electron chi connectivity index (χ1n) is 5.40. The van der Waals surface area contributed by atoms with Crippen LogP contribution in [0.3, 0.4) is 0 Å². The van der Waals surface area contributed by atoms with Gasteiger partial charge in [0.2, 0.25) is 0 Å². The van der Waals surface area contributed by atoms with Gasteiger partial charge in [0.1, 0.15) is 0 Å². The molecule has 2 aromatic rings. The van der Waals surface area contributed by atoms with Crippen LogP contribution >= 0.6 is 31.9 Å². The van der Waals surface area contributed by atoms with Crippen molar-refractivity contribution >= 4 is 31.9 Å². The molecule has 0 saturated heterocycles. The van der Waals surface area contributed by atoms with Gasteiger partial charge >= 0.3 is 0 Å². The van der Waals surface area contributed by atoms with Crippen molar-refractivity contribution in [2.75, 3.05) is 0 Å². The molecule has 0 aromatic heterocycles. The lowest BCUT2D eigenvalue weighted by Gasteiger charge is -2.08. The van der Waals surface area contributed by atoms with Gasteiger partial charge in [0.25, 0.3) is 0 Å². The molecule has 1 aliphatic rings. The molecule has 0 unspecified atom stereocenters. The Labute approximate surface area is 117 Å². The minimum absolute atomic E-state index is 0.0806. The molecule has 0 radical (unpaired) electrons. The van der Waals surface area contributed by atoms with E-state index in [0.717, 1.165) is 20.9 Å². The van der Waals surface area contributed by atoms with E-state index < -0.39 is 0 Å². The molecule has 0 fully saturated rings. The SMILES string of the molecule is OCc1cc(Br)cc2c1-c1ccc(Br)cc1C2. The molecule has 1 nitrogen and oxygen atoms in total. The number of halogens is 2. The van der Waals surface area contributed by atoms with Gasteiger partial charge in [-0.05, 0) is 58.5 Å². The van der Waals surface area contributed by atoms with Crippen LogP contribution in [0.15, 0.2) is 39.3 Å². The molecule has 3 heteroatoms. The van der Waals surface area contributed by atoms with Gasteiger partial charge in [-0.1, -0.05) is 37.9 Å². The van der Waals surface area contributed by atoms with Crippen LogP contribution in [0.4, 0.5) is 0 Å². The normalized spacial score (nSPS) is 12.4. The third kappa shape index (κ3) is 1.86. The van der Waals surface area contributed by atoms with Gasteiger partial charge in [-0.25, -0.2) is 0 Å². The number of benzene rings is 2. The first-order valence-corrected chi connectivity index (χ1v) is 6.98. The molecule has 0 heterocycles. The van der Waals surface area contributed by atoms with Crippen molar-refractivity contribution in [2.45, 2.75) is 13.0 Å². The Hall–Kier alpha value is -0.640. The molecule has 2 aromatic carbocycles. The molecule has 0 bridgehead atoms. The van der Waals surface area contributed by atoms with Crippen molar-refractivity contribution in [1.82, 2.24) is 0 Å². The third-order valence-corrected chi connectivity index (χ3v) is 4.11. The molecular weight excluding hydrogens is 344 g/mol. The summed E-state index contributed by atoms with van der Waals surface area (Å²) in [4.78, 5) is 0. The number of hydrogen-bond donors (Lipinski definition) is 1. The second-order valence-electron chi connectivity index (χ2n) is 4.24. The molecule has 0 saturated carbocycles. The maximum absolute atomic E-state index is 9.48. The summed E-state index contributed by atoms with van der Waals surface area (Å²) in [5.41, 5.74) is 6.06. The average Bonchev–Trinajstić information content (AvgIpc) is 2.64. The van der Waals surface area contributed by atoms with Gasteiger partial charge in [-0.15, -0.1) is 0 Å². The Bertz CT molecular complexity index is 605. The van der Waals surface area contributed by atoms with Gasteiger partial charge in [0.05, 0.1) is 6.61 Å². The first-order chi connectivity index (χ1) is 8.19. The summed E-state index contributed by atoms with van der Waals surface area (Å²) in [5.74, 6) is 0. The molecule has 1 N–H and O–H groups in total. The van der Waals surface area contributed by atoms with Crippen molar-refractivity contribution < 1.29 is 5.11 Å². The Morgan fingerprint density at radius 2 is 1.76 bits per heavy atom. The van der Waals surface area contributed by atoms with Gasteiger partial charge in [-0.2, -0.15) is 0 Å². The fraction of sp³-hybridized carbons (Fsp3) is 0.143. The standard InChI is InChI=1S/C14H10Br2O/c15-11-1-2-13-8(4-11)3-9-5-12(16)6-10(7-17)14(9)13/h1-2,4-6,17H,3,7H2. The molecule has 0 atom stereocenters. The minimum atomic E-state index is 0.0806. The van der Waals surface area contributed by atoms with E-state index in [1.165, 1.54) is 22.3 Å². The summed E-state index contributed by atoms with van der Waals surface area (Å²) in [6.07, 6.45) is 0.941. The van der Waals surface area contributed by atoms with E-state index in [4.69, 9.17) is 0 Å². The summed E-state index contributed by atoms with van der Waals surface area (Å²) in [6, 6.07) is 10.5. The highest BCUT2D eigenvalue weighted by molar-refractivity contribution is 9.10. The van der Waals surface area contributed by atoms with Gasteiger partial charge in [0.15, 0.2) is 0 Å². The summed E-state index contributed by atoms with van der Waals surface area (Å²) in [5, 5.41) is 9.48. The molecule has 0 amide bonds. The molecule has 0 aliphatic heterocycles. The highest BCUT2D eigenvalue weighted by Crippen LogP contribution is 2.41. The van der Waals surface area contributed by atoms with Crippen LogP contribution in [0.25, 0.3) is 11.1 Å². The van der Waals surface area contributed by atoms with Crippen molar-refractivity contribution in [1.29, 1.82) is 0 Å². The third-order valence-electron chi connectivity index (χ3n) is 3.15. The number of hydrogen-bond acceptors (Lipinski definition) is 1. The van der Waals surface area contributed by atoms with Gasteiger partial charge < -0.3 is 5.11 Å². The second kappa shape index (κ2) is 4.23. The zero-order valence-corrected chi connectivity index (χ0v) is 12.2. The van der Waals surface area contributed by atoms with E-state index in [-0.39, 0.29) is 6.61 Å². The molecule has 0 spiro atoms. The number of rotatable bonds is 1. The Balaban J connectivity index is 2.28. The van der Waals surface area contributed by atoms with Crippen LogP contribution in [0.2, 0.25) is 0 Å². The number of fused-ring (bicyclic) bond motifs is 3. The second-order valence-corrected chi connectivity index (χ2v) is 6.07. The molecule has 86 valence electrons. The van der Waals surface area contributed by atoms with Crippen LogP contribution in [0.5, 0.6) is 0 Å². The fourth-order valence-corrected chi connectivity index (χ4v) is 3.45. The molecule has 1 aliphatic carbocycles. The summed E-state index contributed by atoms with van der Waals surface area (Å²) in [7, 11) is 0. The van der Waals surface area contributed by atoms with Crippen LogP contribution in [-0.2, 0) is 13.0 Å². The Morgan fingerprint density at radius 3 is 2.53 bits per heavy atom. The summed E-state index contributed by atoms with van der Waals surface area (Å²) < 4.78 is 2.14. The first kappa shape index (κ1) is 11.5. The van der Waals surface area contributed by atoms with Crippen LogP contribution in [0, 0.1) is 0 Å². The predicted molar refractivity (Wildman–Crippen MR) is 76.0 cm³/mol. The van der Waals surface area contributed by atoms with Crippen molar-refractivity contribution in [3.63, 3.8) is 0 Å². The van der Waals surface area contributed by atoms with E-state index in [1.54, 1.807) is 0 Å². The Morgan fingerprint density at radius 1 is 1.00 bits per heavy atom. The topological polar surface area (TPSA) is 20.2 Å². The lowest BCUT2D eigenvalue weighted by atomic mass is 10.0. The number of aliphatic hydroxyl groups is 1. The molecule has 3 rings (SSSR count). The largest absolute Gasteiger partial charge is 0.392 e. The summed E-state index contributed by atoms with van der Waals surface area (Å²) >= 11 is 7.00. The van der Waals surface area contributed by atoms with E-state index in [9.17, 15) is 5.11 Å². The van der Waals surface area contributed by atoms with Gasteiger partial charge in [0, 0.05) is 8.95 Å². The quantitative estimate of drug-likeness (QED) is 0.692. The lowest BCUT2D eigenvalue weighted by Crippen LogP contribution is -1.90. The number of aliphatic hydroxyl groups excluding tert-OH is 1. The monoisotopic (exact) mass is 352 g/mol. The van der Waals surface area contributed by atoms with Crippen LogP contribution in [-0.4, -0.2) is 5.11 Å². The predicted octanol–water partition coefficient (Wildman–Crippen LogP) is 4.28. The molecule has 17 heavy (non-hydrogen) atoms. The highest BCUT2D eigenvalue weighted by atomic mass is 79.9. The maximum Gasteiger partial charge on any atom is 0.0688 e. The minimum Gasteiger partial charge on any atom is -0.392 e. The van der Waals surface area contributed by atoms with E-state index in [2.05, 4.69) is 56.1 Å². The Kier molecular flexibility index (Phi) is 2.85. The maximum atomic E-state index is 9.48. The van der Waals surface area contributed by atoms with Crippen molar-refractivity contribution in [2.24, 2.45) is 0 Å². The van der Waals surface area contributed by atoms with Crippen molar-refractivity contribution in [3.05, 3.63) is 56.0 Å². The van der Waals surface area contributed by atoms with Crippen LogP contribution in [0.1, 0.15) is 16.7 Å². The average molecular weight is 354 g/mol. The lowest BCUT2D eigenvalue weighted by molar-refractivity contribution is 0.282. The van der Waals surface area contributed by atoms with Gasteiger partial charge in [-0.3, -0.25) is 0 Å². The van der Waals surface area contributed by atoms with E-state index >= 15 is 0 Å². The highest BCUT2D eigenvalue weighted by Gasteiger charge is 2.21. The fourth-order valence-electron chi connectivity index (χ4n) is 2.49. The zero-order chi connectivity index (χ0) is 12.0. The van der Waals surface area contributed by atoms with E-state index in [0.29, 0.717) is 0 Å². The molecular formula is C14H10Br2O. The van der Waals surface area contributed by atoms with Crippen LogP contribution < -0.4 is 0 Å². The zero-order valence-electron chi connectivity index (χ0n) is 9.00. The summed E-state index contributed by atoms with van der Waals surface area (Å²) in [6.45, 7) is 0.0806.